The van der Waals surface area contributed by atoms with Crippen LogP contribution in [0.15, 0.2) is 59.0 Å². The number of benzene rings is 2. The van der Waals surface area contributed by atoms with Gasteiger partial charge in [0.1, 0.15) is 5.01 Å². The van der Waals surface area contributed by atoms with Crippen molar-refractivity contribution in [1.29, 1.82) is 0 Å². The summed E-state index contributed by atoms with van der Waals surface area (Å²) in [5.41, 5.74) is 3.15. The topological polar surface area (TPSA) is 76.7 Å². The smallest absolute Gasteiger partial charge is 0.247 e. The molecule has 0 aliphatic heterocycles. The van der Waals surface area contributed by atoms with Crippen LogP contribution in [0.5, 0.6) is 0 Å². The fraction of sp³-hybridized carbons (Fsp3) is 0.111. The van der Waals surface area contributed by atoms with E-state index in [-0.39, 0.29) is 0 Å². The van der Waals surface area contributed by atoms with Gasteiger partial charge in [0.15, 0.2) is 0 Å². The molecule has 2 aromatic heterocycles. The lowest BCUT2D eigenvalue weighted by Gasteiger charge is -1.97. The predicted octanol–water partition coefficient (Wildman–Crippen LogP) is 4.18. The molecule has 2 aromatic carbocycles. The Hall–Kier alpha value is -3.06. The largest absolute Gasteiger partial charge is 0.419 e. The maximum absolute atomic E-state index is 5.69. The third kappa shape index (κ3) is 3.56. The Labute approximate surface area is 148 Å². The van der Waals surface area contributed by atoms with E-state index in [0.29, 0.717) is 23.5 Å². The fourth-order valence-electron chi connectivity index (χ4n) is 2.28. The van der Waals surface area contributed by atoms with E-state index in [1.807, 2.05) is 61.5 Å². The van der Waals surface area contributed by atoms with E-state index in [1.165, 1.54) is 16.9 Å². The van der Waals surface area contributed by atoms with Crippen molar-refractivity contribution < 1.29 is 4.42 Å². The minimum Gasteiger partial charge on any atom is -0.419 e. The van der Waals surface area contributed by atoms with Crippen LogP contribution in [-0.2, 0) is 6.54 Å². The highest BCUT2D eigenvalue weighted by molar-refractivity contribution is 7.18. The summed E-state index contributed by atoms with van der Waals surface area (Å²) in [6, 6.07) is 17.9. The molecule has 0 aliphatic carbocycles. The van der Waals surface area contributed by atoms with Crippen LogP contribution in [0, 0.1) is 6.92 Å². The average Bonchev–Trinajstić information content (AvgIpc) is 3.31. The third-order valence-corrected chi connectivity index (χ3v) is 4.53. The van der Waals surface area contributed by atoms with Crippen molar-refractivity contribution in [2.24, 2.45) is 0 Å². The first-order valence-corrected chi connectivity index (χ1v) is 8.62. The maximum atomic E-state index is 5.69. The lowest BCUT2D eigenvalue weighted by Crippen LogP contribution is -1.99. The second-order valence-corrected chi connectivity index (χ2v) is 6.48. The summed E-state index contributed by atoms with van der Waals surface area (Å²) in [5, 5.41) is 21.3. The molecule has 0 amide bonds. The van der Waals surface area contributed by atoms with Crippen LogP contribution >= 0.6 is 11.3 Å². The quantitative estimate of drug-likeness (QED) is 0.582. The minimum absolute atomic E-state index is 0.405. The first-order valence-electron chi connectivity index (χ1n) is 7.80. The highest BCUT2D eigenvalue weighted by Gasteiger charge is 2.10. The summed E-state index contributed by atoms with van der Waals surface area (Å²) in [4.78, 5) is 0. The van der Waals surface area contributed by atoms with Crippen molar-refractivity contribution in [3.05, 3.63) is 66.1 Å². The Morgan fingerprint density at radius 1 is 0.880 bits per heavy atom. The predicted molar refractivity (Wildman–Crippen MR) is 97.1 cm³/mol. The number of aryl methyl sites for hydroxylation is 1. The molecule has 0 unspecified atom stereocenters. The summed E-state index contributed by atoms with van der Waals surface area (Å²) in [7, 11) is 0. The molecule has 4 rings (SSSR count). The normalized spacial score (nSPS) is 10.8. The molecule has 0 bridgehead atoms. The number of hydrogen-bond donors (Lipinski definition) is 1. The monoisotopic (exact) mass is 349 g/mol. The molecule has 124 valence electrons. The first kappa shape index (κ1) is 15.5. The van der Waals surface area contributed by atoms with Gasteiger partial charge in [-0.25, -0.2) is 0 Å². The van der Waals surface area contributed by atoms with E-state index in [1.54, 1.807) is 0 Å². The lowest BCUT2D eigenvalue weighted by atomic mass is 10.1. The van der Waals surface area contributed by atoms with E-state index < -0.39 is 0 Å². The van der Waals surface area contributed by atoms with Gasteiger partial charge in [-0.2, -0.15) is 0 Å². The molecule has 1 N–H and O–H groups in total. The first-order chi connectivity index (χ1) is 12.3. The number of nitrogens with one attached hydrogen (secondary N) is 1. The molecular weight excluding hydrogens is 334 g/mol. The Kier molecular flexibility index (Phi) is 4.22. The van der Waals surface area contributed by atoms with Gasteiger partial charge in [0, 0.05) is 11.1 Å². The molecule has 0 spiro atoms. The number of hydrogen-bond acceptors (Lipinski definition) is 7. The van der Waals surface area contributed by atoms with Crippen LogP contribution in [0.3, 0.4) is 0 Å². The molecule has 7 heteroatoms. The van der Waals surface area contributed by atoms with Gasteiger partial charge in [0.25, 0.3) is 0 Å². The van der Waals surface area contributed by atoms with E-state index >= 15 is 0 Å². The third-order valence-electron chi connectivity index (χ3n) is 3.60. The summed E-state index contributed by atoms with van der Waals surface area (Å²) < 4.78 is 5.69. The highest BCUT2D eigenvalue weighted by atomic mass is 32.1. The van der Waals surface area contributed by atoms with E-state index in [2.05, 4.69) is 25.7 Å². The van der Waals surface area contributed by atoms with Crippen LogP contribution in [0.4, 0.5) is 5.13 Å². The van der Waals surface area contributed by atoms with Crippen LogP contribution in [0.2, 0.25) is 0 Å². The minimum atomic E-state index is 0.405. The Bertz CT molecular complexity index is 963. The lowest BCUT2D eigenvalue weighted by molar-refractivity contribution is 0.515. The van der Waals surface area contributed by atoms with E-state index in [4.69, 9.17) is 4.42 Å². The summed E-state index contributed by atoms with van der Waals surface area (Å²) >= 11 is 1.49. The molecular formula is C18H15N5OS. The average molecular weight is 349 g/mol. The molecule has 0 atom stereocenters. The molecule has 0 radical (unpaired) electrons. The summed E-state index contributed by atoms with van der Waals surface area (Å²) in [5.74, 6) is 1.02. The Balaban J connectivity index is 1.42. The Morgan fingerprint density at radius 3 is 2.48 bits per heavy atom. The highest BCUT2D eigenvalue weighted by Crippen LogP contribution is 2.26. The molecule has 4 aromatic rings. The maximum Gasteiger partial charge on any atom is 0.247 e. The van der Waals surface area contributed by atoms with Gasteiger partial charge in [-0.3, -0.25) is 0 Å². The van der Waals surface area contributed by atoms with Crippen molar-refractivity contribution in [3.63, 3.8) is 0 Å². The molecule has 0 aliphatic rings. The van der Waals surface area contributed by atoms with Crippen LogP contribution < -0.4 is 5.32 Å². The van der Waals surface area contributed by atoms with Gasteiger partial charge in [0.2, 0.25) is 16.9 Å². The molecule has 0 saturated carbocycles. The van der Waals surface area contributed by atoms with Crippen molar-refractivity contribution in [1.82, 2.24) is 20.4 Å². The zero-order valence-electron chi connectivity index (χ0n) is 13.5. The Morgan fingerprint density at radius 2 is 1.68 bits per heavy atom. The second-order valence-electron chi connectivity index (χ2n) is 5.50. The molecule has 0 fully saturated rings. The number of rotatable bonds is 5. The molecule has 2 heterocycles. The van der Waals surface area contributed by atoms with Gasteiger partial charge < -0.3 is 9.73 Å². The van der Waals surface area contributed by atoms with Crippen molar-refractivity contribution in [2.75, 3.05) is 5.32 Å². The van der Waals surface area contributed by atoms with Crippen LogP contribution in [-0.4, -0.2) is 20.4 Å². The van der Waals surface area contributed by atoms with E-state index in [0.717, 1.165) is 16.1 Å². The molecule has 6 nitrogen and oxygen atoms in total. The summed E-state index contributed by atoms with van der Waals surface area (Å²) in [6.07, 6.45) is 0. The fourth-order valence-corrected chi connectivity index (χ4v) is 3.03. The van der Waals surface area contributed by atoms with Gasteiger partial charge in [0.05, 0.1) is 6.54 Å². The van der Waals surface area contributed by atoms with Crippen molar-refractivity contribution >= 4 is 16.5 Å². The number of anilines is 1. The zero-order valence-corrected chi connectivity index (χ0v) is 14.3. The van der Waals surface area contributed by atoms with Crippen LogP contribution in [0.25, 0.3) is 22.0 Å². The zero-order chi connectivity index (χ0) is 17.1. The van der Waals surface area contributed by atoms with Crippen molar-refractivity contribution in [3.8, 4) is 22.0 Å². The molecule has 25 heavy (non-hydrogen) atoms. The molecule has 0 saturated heterocycles. The van der Waals surface area contributed by atoms with Gasteiger partial charge in [-0.1, -0.05) is 59.4 Å². The van der Waals surface area contributed by atoms with Crippen LogP contribution in [0.1, 0.15) is 11.5 Å². The number of aromatic nitrogens is 4. The standard InChI is InChI=1S/C18H15N5OS/c1-12-7-9-13(10-8-12)16-21-20-15(24-16)11-19-18-23-22-17(25-18)14-5-3-2-4-6-14/h2-10H,11H2,1H3,(H,19,23). The van der Waals surface area contributed by atoms with Gasteiger partial charge in [-0.05, 0) is 19.1 Å². The van der Waals surface area contributed by atoms with Gasteiger partial charge >= 0.3 is 0 Å². The SMILES string of the molecule is Cc1ccc(-c2nnc(CNc3nnc(-c4ccccc4)s3)o2)cc1. The van der Waals surface area contributed by atoms with Gasteiger partial charge in [-0.15, -0.1) is 20.4 Å². The van der Waals surface area contributed by atoms with Crippen molar-refractivity contribution in [2.45, 2.75) is 13.5 Å². The van der Waals surface area contributed by atoms with E-state index in [9.17, 15) is 0 Å². The second kappa shape index (κ2) is 6.82. The number of nitrogens with zero attached hydrogens (tertiary/aromatic N) is 4. The summed E-state index contributed by atoms with van der Waals surface area (Å²) in [6.45, 7) is 2.45.